The molecule has 0 bridgehead atoms. The molecule has 0 aromatic carbocycles. The van der Waals surface area contributed by atoms with Crippen molar-refractivity contribution < 1.29 is 69.8 Å². The molecule has 1 saturated heterocycles. The van der Waals surface area contributed by atoms with Crippen LogP contribution in [-0.4, -0.2) is 77.0 Å². The first kappa shape index (κ1) is 40.1. The second-order valence-electron chi connectivity index (χ2n) is 9.37. The first-order valence-corrected chi connectivity index (χ1v) is 17.9. The van der Waals surface area contributed by atoms with Gasteiger partial charge >= 0.3 is 29.2 Å². The van der Waals surface area contributed by atoms with E-state index in [0.717, 1.165) is 10.8 Å². The third-order valence-electron chi connectivity index (χ3n) is 5.85. The lowest BCUT2D eigenvalue weighted by Crippen LogP contribution is -2.33. The van der Waals surface area contributed by atoms with Gasteiger partial charge in [-0.2, -0.15) is 18.0 Å². The third-order valence-corrected chi connectivity index (χ3v) is 9.98. The summed E-state index contributed by atoms with van der Waals surface area (Å²) in [5.41, 5.74) is 5.67. The maximum absolute atomic E-state index is 14.3. The number of rotatable bonds is 16. The number of aromatic amines is 1. The molecule has 0 saturated carbocycles. The number of nitrogens with one attached hydrogen (secondary N) is 3. The Morgan fingerprint density at radius 2 is 1.94 bits per heavy atom. The minimum Gasteiger partial charge on any atom is -0.390 e. The molecular weight excluding hydrogens is 759 g/mol. The lowest BCUT2D eigenvalue weighted by atomic mass is 10.2. The van der Waals surface area contributed by atoms with E-state index in [4.69, 9.17) is 31.7 Å². The van der Waals surface area contributed by atoms with E-state index in [9.17, 15) is 51.8 Å². The van der Waals surface area contributed by atoms with E-state index >= 15 is 0 Å². The Labute approximate surface area is 275 Å². The summed E-state index contributed by atoms with van der Waals surface area (Å²) in [6, 6.07) is 0. The van der Waals surface area contributed by atoms with E-state index in [1.165, 1.54) is 12.2 Å². The van der Waals surface area contributed by atoms with Crippen LogP contribution < -0.4 is 21.9 Å². The number of phosphoric acid groups is 3. The SMILES string of the molecule is [N-]=[N+]=Nc1c(F)c(NCCC(=O)NCC=Cc2cn([C@H]3C[C@H](O)[C@@H](COP(=O)(O)OP(=O)(O)OP(=O)(O)O)O3)c(=O)[nH]c2=O)nc(F)c1Cl. The molecule has 23 nitrogen and oxygen atoms in total. The number of hydrogen-bond donors (Lipinski definition) is 8. The molecule has 2 aromatic rings. The van der Waals surface area contributed by atoms with E-state index < -0.39 is 94.0 Å². The number of amides is 1. The minimum absolute atomic E-state index is 0.132. The van der Waals surface area contributed by atoms with Crippen LogP contribution in [0.2, 0.25) is 5.02 Å². The molecule has 2 aromatic heterocycles. The Kier molecular flexibility index (Phi) is 13.5. The molecule has 270 valence electrons. The summed E-state index contributed by atoms with van der Waals surface area (Å²) < 4.78 is 80.1. The molecule has 5 atom stereocenters. The molecule has 1 fully saturated rings. The summed E-state index contributed by atoms with van der Waals surface area (Å²) in [5.74, 6) is -3.80. The van der Waals surface area contributed by atoms with Gasteiger partial charge in [-0.05, 0) is 5.53 Å². The molecule has 0 aliphatic carbocycles. The van der Waals surface area contributed by atoms with E-state index in [1.807, 2.05) is 4.98 Å². The van der Waals surface area contributed by atoms with Crippen molar-refractivity contribution in [3.63, 3.8) is 0 Å². The zero-order valence-corrected chi connectivity index (χ0v) is 27.5. The van der Waals surface area contributed by atoms with Crippen LogP contribution in [0.15, 0.2) is 27.0 Å². The van der Waals surface area contributed by atoms with Gasteiger partial charge < -0.3 is 40.1 Å². The van der Waals surface area contributed by atoms with Gasteiger partial charge in [0.15, 0.2) is 11.6 Å². The van der Waals surface area contributed by atoms with Gasteiger partial charge in [-0.3, -0.25) is 23.7 Å². The second kappa shape index (κ2) is 16.6. The highest BCUT2D eigenvalue weighted by Crippen LogP contribution is 2.66. The van der Waals surface area contributed by atoms with Crippen molar-refractivity contribution in [1.29, 1.82) is 0 Å². The number of ether oxygens (including phenoxy) is 1. The maximum Gasteiger partial charge on any atom is 0.490 e. The summed E-state index contributed by atoms with van der Waals surface area (Å²) in [7, 11) is -16.9. The van der Waals surface area contributed by atoms with Gasteiger partial charge in [-0.1, -0.05) is 28.9 Å². The van der Waals surface area contributed by atoms with Gasteiger partial charge in [0, 0.05) is 37.0 Å². The van der Waals surface area contributed by atoms with Crippen LogP contribution in [0.25, 0.3) is 16.5 Å². The number of halogens is 3. The predicted octanol–water partition coefficient (Wildman–Crippen LogP) is 1.43. The normalized spacial score (nSPS) is 20.4. The van der Waals surface area contributed by atoms with E-state index in [2.05, 4.69) is 38.8 Å². The van der Waals surface area contributed by atoms with Gasteiger partial charge in [-0.15, -0.1) is 0 Å². The van der Waals surface area contributed by atoms with Crippen LogP contribution in [0.5, 0.6) is 0 Å². The minimum atomic E-state index is -5.79. The lowest BCUT2D eigenvalue weighted by Gasteiger charge is -2.19. The summed E-state index contributed by atoms with van der Waals surface area (Å²) in [6.45, 7) is -1.39. The van der Waals surface area contributed by atoms with Gasteiger partial charge in [0.2, 0.25) is 11.9 Å². The van der Waals surface area contributed by atoms with E-state index in [-0.39, 0.29) is 31.5 Å². The molecule has 8 N–H and O–H groups in total. The first-order valence-electron chi connectivity index (χ1n) is 13.0. The van der Waals surface area contributed by atoms with Gasteiger partial charge in [0.25, 0.3) is 5.56 Å². The number of anilines is 1. The molecule has 1 aliphatic rings. The van der Waals surface area contributed by atoms with Crippen molar-refractivity contribution >= 4 is 58.6 Å². The highest BCUT2D eigenvalue weighted by Gasteiger charge is 2.43. The summed E-state index contributed by atoms with van der Waals surface area (Å²) in [5, 5.41) is 17.2. The van der Waals surface area contributed by atoms with Crippen LogP contribution >= 0.6 is 35.1 Å². The molecule has 1 amide bonds. The number of hydrogen-bond acceptors (Lipinski definition) is 14. The molecule has 2 unspecified atom stereocenters. The van der Waals surface area contributed by atoms with Crippen LogP contribution in [0.3, 0.4) is 0 Å². The molecule has 29 heteroatoms. The zero-order valence-electron chi connectivity index (χ0n) is 24.0. The fourth-order valence-electron chi connectivity index (χ4n) is 3.83. The number of aliphatic hydroxyl groups excluding tert-OH is 1. The number of carbonyl (C=O) groups excluding carboxylic acids is 1. The molecule has 3 heterocycles. The van der Waals surface area contributed by atoms with Crippen LogP contribution in [0, 0.1) is 11.8 Å². The molecule has 1 aliphatic heterocycles. The third kappa shape index (κ3) is 11.9. The number of phosphoric ester groups is 1. The van der Waals surface area contributed by atoms with Gasteiger partial charge in [0.1, 0.15) is 23.0 Å². The topological polar surface area (TPSA) is 347 Å². The number of nitrogens with zero attached hydrogens (tertiary/aromatic N) is 5. The van der Waals surface area contributed by atoms with Crippen LogP contribution in [0.4, 0.5) is 20.3 Å². The molecule has 49 heavy (non-hydrogen) atoms. The van der Waals surface area contributed by atoms with E-state index in [1.54, 1.807) is 0 Å². The molecule has 3 rings (SSSR count). The quantitative estimate of drug-likeness (QED) is 0.0392. The van der Waals surface area contributed by atoms with Crippen molar-refractivity contribution in [2.75, 3.05) is 25.0 Å². The predicted molar refractivity (Wildman–Crippen MR) is 159 cm³/mol. The highest BCUT2D eigenvalue weighted by atomic mass is 35.5. The van der Waals surface area contributed by atoms with Crippen molar-refractivity contribution in [2.45, 2.75) is 31.3 Å². The monoisotopic (exact) mass is 782 g/mol. The fraction of sp³-hybridized carbons (Fsp3) is 0.400. The summed E-state index contributed by atoms with van der Waals surface area (Å²) in [4.78, 5) is 80.4. The Balaban J connectivity index is 1.55. The highest BCUT2D eigenvalue weighted by molar-refractivity contribution is 7.66. The molecule has 0 radical (unpaired) electrons. The van der Waals surface area contributed by atoms with Crippen molar-refractivity contribution in [3.8, 4) is 0 Å². The standard InChI is InChI=1S/C20H24ClF2N8O15P3/c21-14-16(29-30-24)15(22)18(27-17(14)23)26-5-3-12(33)25-4-1-2-9-7-31(20(35)28-19(9)34)13-6-10(32)11(44-13)8-43-48(39,40)46-49(41,42)45-47(36,37)38/h1-2,7,10-11,13,32H,3-6,8H2,(H,25,33)(H,26,27)(H,39,40)(H,41,42)(H,28,34,35)(H2,36,37,38)/t10-,11+,13+/m0/s1. The van der Waals surface area contributed by atoms with Crippen LogP contribution in [-0.2, 0) is 36.4 Å². The van der Waals surface area contributed by atoms with Crippen LogP contribution in [0.1, 0.15) is 24.6 Å². The van der Waals surface area contributed by atoms with Crippen molar-refractivity contribution in [1.82, 2.24) is 19.9 Å². The smallest absolute Gasteiger partial charge is 0.390 e. The van der Waals surface area contributed by atoms with E-state index in [0.29, 0.717) is 0 Å². The summed E-state index contributed by atoms with van der Waals surface area (Å²) in [6.07, 6.45) is -1.28. The first-order chi connectivity index (χ1) is 22.7. The maximum atomic E-state index is 14.3. The number of aromatic nitrogens is 3. The van der Waals surface area contributed by atoms with Gasteiger partial charge in [0.05, 0.1) is 18.3 Å². The van der Waals surface area contributed by atoms with Crippen molar-refractivity contribution in [2.24, 2.45) is 5.11 Å². The fourth-order valence-corrected chi connectivity index (χ4v) is 7.03. The number of H-pyrrole nitrogens is 1. The number of azide groups is 1. The molecule has 0 spiro atoms. The zero-order chi connectivity index (χ0) is 36.7. The number of carbonyl (C=O) groups is 1. The Hall–Kier alpha value is -3.37. The largest absolute Gasteiger partial charge is 0.490 e. The number of aliphatic hydroxyl groups is 1. The Bertz CT molecular complexity index is 1920. The molecular formula is C20H24ClF2N8O15P3. The van der Waals surface area contributed by atoms with Gasteiger partial charge in [-0.25, -0.2) is 22.9 Å². The second-order valence-corrected chi connectivity index (χ2v) is 14.2. The average Bonchev–Trinajstić information content (AvgIpc) is 3.34. The van der Waals surface area contributed by atoms with Crippen molar-refractivity contribution in [3.05, 3.63) is 65.9 Å². The Morgan fingerprint density at radius 1 is 1.24 bits per heavy atom. The Morgan fingerprint density at radius 3 is 2.59 bits per heavy atom. The average molecular weight is 783 g/mol. The summed E-state index contributed by atoms with van der Waals surface area (Å²) >= 11 is 5.52. The number of pyridine rings is 1. The lowest BCUT2D eigenvalue weighted by molar-refractivity contribution is -0.120.